The molecular weight excluding hydrogens is 138 g/mol. The highest BCUT2D eigenvalue weighted by Gasteiger charge is 1.85. The molecule has 0 aliphatic heterocycles. The first-order valence-electron chi connectivity index (χ1n) is 2.00. The summed E-state index contributed by atoms with van der Waals surface area (Å²) in [5, 5.41) is 0. The van der Waals surface area contributed by atoms with Crippen molar-refractivity contribution in [2.24, 2.45) is 0 Å². The summed E-state index contributed by atoms with van der Waals surface area (Å²) in [5.41, 5.74) is 0. The molecule has 0 aliphatic carbocycles. The van der Waals surface area contributed by atoms with E-state index in [4.69, 9.17) is 6.57 Å². The van der Waals surface area contributed by atoms with Crippen LogP contribution >= 0.6 is 23.5 Å². The molecule has 0 aromatic carbocycles. The molecule has 0 bridgehead atoms. The maximum Gasteiger partial charge on any atom is 0.173 e. The summed E-state index contributed by atoms with van der Waals surface area (Å²) >= 11 is 3.21. The number of hydrogen-bond donors (Lipinski definition) is 0. The maximum absolute atomic E-state index is 6.46. The molecule has 0 spiro atoms. The molecule has 0 fully saturated rings. The summed E-state index contributed by atoms with van der Waals surface area (Å²) in [6.45, 7) is 6.46. The fourth-order valence-corrected chi connectivity index (χ4v) is 1.22. The standard InChI is InChI=1S/C5H7NS2/c1-6-4-5(7-2)8-3/h4H,2-3H3. The van der Waals surface area contributed by atoms with Gasteiger partial charge in [0.2, 0.25) is 0 Å². The zero-order valence-corrected chi connectivity index (χ0v) is 6.47. The maximum atomic E-state index is 6.46. The van der Waals surface area contributed by atoms with Crippen molar-refractivity contribution in [2.75, 3.05) is 12.5 Å². The highest BCUT2D eigenvalue weighted by molar-refractivity contribution is 8.21. The van der Waals surface area contributed by atoms with E-state index in [2.05, 4.69) is 4.85 Å². The fraction of sp³-hybridized carbons (Fsp3) is 0.400. The van der Waals surface area contributed by atoms with Gasteiger partial charge in [-0.15, -0.1) is 23.5 Å². The third-order valence-corrected chi connectivity index (χ3v) is 2.59. The largest absolute Gasteiger partial charge is 0.244 e. The Bertz CT molecular complexity index is 117. The van der Waals surface area contributed by atoms with Crippen molar-refractivity contribution >= 4 is 23.5 Å². The quantitative estimate of drug-likeness (QED) is 0.550. The molecule has 0 radical (unpaired) electrons. The molecule has 1 nitrogen and oxygen atoms in total. The average Bonchev–Trinajstić information content (AvgIpc) is 1.83. The van der Waals surface area contributed by atoms with Gasteiger partial charge in [0.15, 0.2) is 6.20 Å². The number of thioether (sulfide) groups is 2. The summed E-state index contributed by atoms with van der Waals surface area (Å²) in [6.07, 6.45) is 5.47. The van der Waals surface area contributed by atoms with Gasteiger partial charge in [0.1, 0.15) is 0 Å². The van der Waals surface area contributed by atoms with Gasteiger partial charge in [0.25, 0.3) is 0 Å². The monoisotopic (exact) mass is 145 g/mol. The molecule has 0 N–H and O–H groups in total. The number of nitrogens with zero attached hydrogens (tertiary/aromatic N) is 1. The van der Waals surface area contributed by atoms with Gasteiger partial charge in [-0.2, -0.15) is 0 Å². The lowest BCUT2D eigenvalue weighted by atomic mass is 11.0. The second-order valence-electron chi connectivity index (χ2n) is 0.985. The van der Waals surface area contributed by atoms with Crippen LogP contribution in [-0.2, 0) is 0 Å². The van der Waals surface area contributed by atoms with Gasteiger partial charge < -0.3 is 0 Å². The Labute approximate surface area is 58.4 Å². The van der Waals surface area contributed by atoms with Crippen molar-refractivity contribution in [1.82, 2.24) is 0 Å². The van der Waals surface area contributed by atoms with Crippen LogP contribution in [0.4, 0.5) is 0 Å². The first-order chi connectivity index (χ1) is 3.85. The van der Waals surface area contributed by atoms with Crippen LogP contribution in [0.3, 0.4) is 0 Å². The van der Waals surface area contributed by atoms with Crippen molar-refractivity contribution in [3.05, 3.63) is 21.9 Å². The number of hydrogen-bond acceptors (Lipinski definition) is 2. The molecule has 0 rings (SSSR count). The third-order valence-electron chi connectivity index (χ3n) is 0.572. The van der Waals surface area contributed by atoms with Crippen LogP contribution in [0, 0.1) is 6.57 Å². The van der Waals surface area contributed by atoms with E-state index in [0.717, 1.165) is 4.24 Å². The van der Waals surface area contributed by atoms with Gasteiger partial charge in [0, 0.05) is 4.24 Å². The fourth-order valence-electron chi connectivity index (χ4n) is 0.241. The Morgan fingerprint density at radius 2 is 2.00 bits per heavy atom. The predicted octanol–water partition coefficient (Wildman–Crippen LogP) is 2.43. The molecule has 0 unspecified atom stereocenters. The lowest BCUT2D eigenvalue weighted by molar-refractivity contribution is 2.04. The molecule has 0 aromatic heterocycles. The lowest BCUT2D eigenvalue weighted by Gasteiger charge is -1.91. The smallest absolute Gasteiger partial charge is 0.173 e. The Morgan fingerprint density at radius 1 is 1.50 bits per heavy atom. The van der Waals surface area contributed by atoms with E-state index in [1.807, 2.05) is 12.5 Å². The highest BCUT2D eigenvalue weighted by Crippen LogP contribution is 2.22. The van der Waals surface area contributed by atoms with E-state index in [0.29, 0.717) is 0 Å². The van der Waals surface area contributed by atoms with Crippen molar-refractivity contribution in [3.63, 3.8) is 0 Å². The van der Waals surface area contributed by atoms with E-state index >= 15 is 0 Å². The van der Waals surface area contributed by atoms with Gasteiger partial charge in [0.05, 0.1) is 6.57 Å². The van der Waals surface area contributed by atoms with Crippen molar-refractivity contribution in [3.8, 4) is 0 Å². The van der Waals surface area contributed by atoms with Crippen LogP contribution in [0.15, 0.2) is 10.4 Å². The van der Waals surface area contributed by atoms with Crippen molar-refractivity contribution < 1.29 is 0 Å². The van der Waals surface area contributed by atoms with E-state index in [9.17, 15) is 0 Å². The summed E-state index contributed by atoms with van der Waals surface area (Å²) in [7, 11) is 0. The lowest BCUT2D eigenvalue weighted by Crippen LogP contribution is -1.59. The molecular formula is C5H7NS2. The van der Waals surface area contributed by atoms with Crippen LogP contribution in [0.5, 0.6) is 0 Å². The number of rotatable bonds is 2. The van der Waals surface area contributed by atoms with E-state index in [-0.39, 0.29) is 0 Å². The minimum absolute atomic E-state index is 1.07. The van der Waals surface area contributed by atoms with E-state index in [1.54, 1.807) is 23.5 Å². The summed E-state index contributed by atoms with van der Waals surface area (Å²) in [4.78, 5) is 3.12. The molecule has 0 amide bonds. The average molecular weight is 145 g/mol. The zero-order valence-electron chi connectivity index (χ0n) is 4.84. The normalized spacial score (nSPS) is 7.62. The Balaban J connectivity index is 3.72. The first-order valence-corrected chi connectivity index (χ1v) is 4.44. The van der Waals surface area contributed by atoms with Gasteiger partial charge in [-0.3, -0.25) is 0 Å². The van der Waals surface area contributed by atoms with Gasteiger partial charge in [-0.05, 0) is 12.5 Å². The molecule has 0 heterocycles. The first kappa shape index (κ1) is 7.93. The zero-order chi connectivity index (χ0) is 6.41. The van der Waals surface area contributed by atoms with Crippen LogP contribution in [-0.4, -0.2) is 12.5 Å². The molecule has 3 heteroatoms. The van der Waals surface area contributed by atoms with Gasteiger partial charge in [-0.25, -0.2) is 4.85 Å². The van der Waals surface area contributed by atoms with Gasteiger partial charge >= 0.3 is 0 Å². The molecule has 8 heavy (non-hydrogen) atoms. The molecule has 0 aromatic rings. The highest BCUT2D eigenvalue weighted by atomic mass is 32.2. The van der Waals surface area contributed by atoms with Crippen LogP contribution < -0.4 is 0 Å². The molecule has 0 saturated heterocycles. The summed E-state index contributed by atoms with van der Waals surface area (Å²) in [5.74, 6) is 0. The van der Waals surface area contributed by atoms with E-state index in [1.165, 1.54) is 6.20 Å². The van der Waals surface area contributed by atoms with Crippen LogP contribution in [0.25, 0.3) is 4.85 Å². The second-order valence-corrected chi connectivity index (χ2v) is 2.94. The Kier molecular flexibility index (Phi) is 5.03. The minimum Gasteiger partial charge on any atom is -0.244 e. The summed E-state index contributed by atoms with van der Waals surface area (Å²) < 4.78 is 1.07. The second kappa shape index (κ2) is 5.07. The summed E-state index contributed by atoms with van der Waals surface area (Å²) in [6, 6.07) is 0. The molecule has 0 aliphatic rings. The van der Waals surface area contributed by atoms with Gasteiger partial charge in [-0.1, -0.05) is 0 Å². The SMILES string of the molecule is [C-]#[N+]C=C(SC)SC. The van der Waals surface area contributed by atoms with Crippen molar-refractivity contribution in [1.29, 1.82) is 0 Å². The predicted molar refractivity (Wildman–Crippen MR) is 41.7 cm³/mol. The van der Waals surface area contributed by atoms with Crippen molar-refractivity contribution in [2.45, 2.75) is 0 Å². The Morgan fingerprint density at radius 3 is 2.12 bits per heavy atom. The van der Waals surface area contributed by atoms with Crippen LogP contribution in [0.1, 0.15) is 0 Å². The molecule has 0 atom stereocenters. The van der Waals surface area contributed by atoms with Crippen LogP contribution in [0.2, 0.25) is 0 Å². The minimum atomic E-state index is 1.07. The third kappa shape index (κ3) is 3.00. The Hall–Kier alpha value is -0.0700. The molecule has 0 saturated carbocycles. The molecule has 44 valence electrons. The topological polar surface area (TPSA) is 4.36 Å². The van der Waals surface area contributed by atoms with E-state index < -0.39 is 0 Å².